The lowest BCUT2D eigenvalue weighted by Crippen LogP contribution is -2.10. The number of esters is 1. The maximum absolute atomic E-state index is 12.4. The lowest BCUT2D eigenvalue weighted by Gasteiger charge is -2.10. The molecule has 0 spiro atoms. The number of rotatable bonds is 6. The first-order valence-corrected chi connectivity index (χ1v) is 9.29. The maximum atomic E-state index is 12.4. The Balaban J connectivity index is 1.61. The van der Waals surface area contributed by atoms with Crippen LogP contribution in [0.4, 0.5) is 0 Å². The van der Waals surface area contributed by atoms with Gasteiger partial charge in [-0.25, -0.2) is 0 Å². The van der Waals surface area contributed by atoms with Crippen LogP contribution in [0.2, 0.25) is 0 Å². The van der Waals surface area contributed by atoms with E-state index >= 15 is 0 Å². The molecule has 0 aliphatic heterocycles. The van der Waals surface area contributed by atoms with Gasteiger partial charge in [-0.05, 0) is 47.2 Å². The molecule has 0 radical (unpaired) electrons. The number of phenols is 1. The molecule has 6 heteroatoms. The van der Waals surface area contributed by atoms with Gasteiger partial charge in [0.1, 0.15) is 16.8 Å². The Kier molecular flexibility index (Phi) is 5.68. The molecule has 1 N–H and O–H groups in total. The fourth-order valence-corrected chi connectivity index (χ4v) is 3.46. The van der Waals surface area contributed by atoms with E-state index in [-0.39, 0.29) is 40.1 Å². The lowest BCUT2D eigenvalue weighted by atomic mass is 10.1. The summed E-state index contributed by atoms with van der Waals surface area (Å²) in [6, 6.07) is 13.9. The highest BCUT2D eigenvalue weighted by Gasteiger charge is 2.61. The first kappa shape index (κ1) is 19.6. The summed E-state index contributed by atoms with van der Waals surface area (Å²) >= 11 is 11.4. The number of halogens is 2. The molecule has 0 amide bonds. The molecule has 4 nitrogen and oxygen atoms in total. The minimum atomic E-state index is -0.275. The van der Waals surface area contributed by atoms with Gasteiger partial charge >= 0.3 is 5.97 Å². The predicted molar refractivity (Wildman–Crippen MR) is 105 cm³/mol. The highest BCUT2D eigenvalue weighted by atomic mass is 35.5. The molecule has 1 fully saturated rings. The van der Waals surface area contributed by atoms with Gasteiger partial charge in [0.15, 0.2) is 11.5 Å². The van der Waals surface area contributed by atoms with E-state index in [4.69, 9.17) is 32.7 Å². The van der Waals surface area contributed by atoms with Gasteiger partial charge in [-0.2, -0.15) is 0 Å². The van der Waals surface area contributed by atoms with E-state index in [0.29, 0.717) is 11.5 Å². The van der Waals surface area contributed by atoms with Crippen molar-refractivity contribution in [3.05, 3.63) is 64.7 Å². The minimum Gasteiger partial charge on any atom is -0.504 e. The van der Waals surface area contributed by atoms with Crippen LogP contribution in [0.5, 0.6) is 17.2 Å². The van der Waals surface area contributed by atoms with Crippen molar-refractivity contribution in [2.24, 2.45) is 17.3 Å². The molecular weight excluding hydrogens is 387 g/mol. The summed E-state index contributed by atoms with van der Waals surface area (Å²) in [4.78, 5) is 12.4. The Hall–Kier alpha value is -2.17. The van der Waals surface area contributed by atoms with Crippen LogP contribution in [0.15, 0.2) is 59.1 Å². The highest BCUT2D eigenvalue weighted by Crippen LogP contribution is 2.60. The molecule has 3 rings (SSSR count). The number of benzene rings is 2. The Bertz CT molecular complexity index is 872. The Labute approximate surface area is 168 Å². The third kappa shape index (κ3) is 4.57. The van der Waals surface area contributed by atoms with Gasteiger partial charge in [0.05, 0.1) is 5.92 Å². The summed E-state index contributed by atoms with van der Waals surface area (Å²) in [5.74, 6) is 0.409. The van der Waals surface area contributed by atoms with E-state index in [1.165, 1.54) is 0 Å². The van der Waals surface area contributed by atoms with Crippen LogP contribution in [-0.2, 0) is 16.1 Å². The second-order valence-electron chi connectivity index (χ2n) is 7.11. The Morgan fingerprint density at radius 1 is 1.19 bits per heavy atom. The third-order valence-corrected chi connectivity index (χ3v) is 5.09. The van der Waals surface area contributed by atoms with Gasteiger partial charge in [0, 0.05) is 0 Å². The molecule has 27 heavy (non-hydrogen) atoms. The summed E-state index contributed by atoms with van der Waals surface area (Å²) in [6.45, 7) is 4.10. The van der Waals surface area contributed by atoms with Crippen molar-refractivity contribution in [1.29, 1.82) is 0 Å². The molecule has 0 saturated heterocycles. The van der Waals surface area contributed by atoms with E-state index in [1.807, 2.05) is 19.9 Å². The molecule has 1 saturated carbocycles. The van der Waals surface area contributed by atoms with Gasteiger partial charge in [-0.15, -0.1) is 0 Å². The Morgan fingerprint density at radius 3 is 2.63 bits per heavy atom. The van der Waals surface area contributed by atoms with Crippen LogP contribution in [0, 0.1) is 17.3 Å². The van der Waals surface area contributed by atoms with Crippen LogP contribution >= 0.6 is 23.2 Å². The molecule has 142 valence electrons. The molecule has 1 aliphatic carbocycles. The lowest BCUT2D eigenvalue weighted by molar-refractivity contribution is -0.147. The number of allylic oxidation sites excluding steroid dienone is 1. The monoisotopic (exact) mass is 406 g/mol. The second kappa shape index (κ2) is 7.83. The maximum Gasteiger partial charge on any atom is 0.310 e. The largest absolute Gasteiger partial charge is 0.504 e. The van der Waals surface area contributed by atoms with Crippen LogP contribution in [0.1, 0.15) is 19.4 Å². The molecular formula is C21H20Cl2O4. The summed E-state index contributed by atoms with van der Waals surface area (Å²) in [5, 5.41) is 9.80. The fraction of sp³-hybridized carbons (Fsp3) is 0.286. The number of ether oxygens (including phenoxy) is 2. The first-order chi connectivity index (χ1) is 12.8. The minimum absolute atomic E-state index is 0.0225. The van der Waals surface area contributed by atoms with E-state index in [9.17, 15) is 9.90 Å². The van der Waals surface area contributed by atoms with Gasteiger partial charge in [-0.3, -0.25) is 4.79 Å². The topological polar surface area (TPSA) is 55.8 Å². The standard InChI is InChI=1S/C21H20Cl2O4/c1-21(2)15(11-18(22)23)19(21)20(25)26-12-13-6-5-7-14(10-13)27-17-9-4-3-8-16(17)24/h3-11,15,19,24H,12H2,1-2H3. The summed E-state index contributed by atoms with van der Waals surface area (Å²) in [7, 11) is 0. The van der Waals surface area contributed by atoms with Crippen molar-refractivity contribution in [2.45, 2.75) is 20.5 Å². The average molecular weight is 407 g/mol. The number of aromatic hydroxyl groups is 1. The zero-order valence-corrected chi connectivity index (χ0v) is 16.5. The molecule has 0 aromatic heterocycles. The number of hydrogen-bond acceptors (Lipinski definition) is 4. The molecule has 2 aromatic carbocycles. The zero-order chi connectivity index (χ0) is 19.6. The number of carbonyl (C=O) groups is 1. The Morgan fingerprint density at radius 2 is 1.93 bits per heavy atom. The van der Waals surface area contributed by atoms with Crippen LogP contribution in [-0.4, -0.2) is 11.1 Å². The third-order valence-electron chi connectivity index (χ3n) is 4.84. The van der Waals surface area contributed by atoms with E-state index < -0.39 is 0 Å². The summed E-state index contributed by atoms with van der Waals surface area (Å²) < 4.78 is 11.3. The molecule has 0 bridgehead atoms. The number of hydrogen-bond donors (Lipinski definition) is 1. The van der Waals surface area contributed by atoms with Crippen molar-refractivity contribution >= 4 is 29.2 Å². The number of para-hydroxylation sites is 2. The molecule has 2 unspecified atom stereocenters. The smallest absolute Gasteiger partial charge is 0.310 e. The average Bonchev–Trinajstić information content (AvgIpc) is 3.14. The van der Waals surface area contributed by atoms with Gasteiger partial charge < -0.3 is 14.6 Å². The van der Waals surface area contributed by atoms with Crippen molar-refractivity contribution in [3.8, 4) is 17.2 Å². The van der Waals surface area contributed by atoms with Crippen LogP contribution < -0.4 is 4.74 Å². The van der Waals surface area contributed by atoms with Crippen LogP contribution in [0.25, 0.3) is 0 Å². The molecule has 2 atom stereocenters. The fourth-order valence-electron chi connectivity index (χ4n) is 3.19. The predicted octanol–water partition coefficient (Wildman–Crippen LogP) is 5.82. The number of carbonyl (C=O) groups excluding carboxylic acids is 1. The van der Waals surface area contributed by atoms with Crippen molar-refractivity contribution in [3.63, 3.8) is 0 Å². The van der Waals surface area contributed by atoms with Gasteiger partial charge in [-0.1, -0.05) is 61.3 Å². The van der Waals surface area contributed by atoms with Crippen molar-refractivity contribution in [1.82, 2.24) is 0 Å². The van der Waals surface area contributed by atoms with Gasteiger partial charge in [0.25, 0.3) is 0 Å². The highest BCUT2D eigenvalue weighted by molar-refractivity contribution is 6.55. The van der Waals surface area contributed by atoms with E-state index in [0.717, 1.165) is 5.56 Å². The van der Waals surface area contributed by atoms with Crippen molar-refractivity contribution < 1.29 is 19.4 Å². The molecule has 1 aliphatic rings. The molecule has 2 aromatic rings. The van der Waals surface area contributed by atoms with E-state index in [1.54, 1.807) is 48.5 Å². The summed E-state index contributed by atoms with van der Waals surface area (Å²) in [5.41, 5.74) is 0.569. The first-order valence-electron chi connectivity index (χ1n) is 8.53. The summed E-state index contributed by atoms with van der Waals surface area (Å²) in [6.07, 6.45) is 1.69. The van der Waals surface area contributed by atoms with Gasteiger partial charge in [0.2, 0.25) is 0 Å². The second-order valence-corrected chi connectivity index (χ2v) is 8.11. The SMILES string of the molecule is CC1(C)C(C=C(Cl)Cl)C1C(=O)OCc1cccc(Oc2ccccc2O)c1. The van der Waals surface area contributed by atoms with E-state index in [2.05, 4.69) is 0 Å². The zero-order valence-electron chi connectivity index (χ0n) is 15.0. The van der Waals surface area contributed by atoms with Crippen LogP contribution in [0.3, 0.4) is 0 Å². The molecule has 0 heterocycles. The van der Waals surface area contributed by atoms with Crippen molar-refractivity contribution in [2.75, 3.05) is 0 Å². The number of phenolic OH excluding ortho intramolecular Hbond substituents is 1. The quantitative estimate of drug-likeness (QED) is 0.614. The normalized spacial score (nSPS) is 19.9.